The quantitative estimate of drug-likeness (QED) is 0.785. The summed E-state index contributed by atoms with van der Waals surface area (Å²) >= 11 is 0. The Morgan fingerprint density at radius 3 is 2.52 bits per heavy atom. The molecule has 0 bridgehead atoms. The summed E-state index contributed by atoms with van der Waals surface area (Å²) in [7, 11) is 1.65. The van der Waals surface area contributed by atoms with Gasteiger partial charge in [-0.2, -0.15) is 0 Å². The van der Waals surface area contributed by atoms with Gasteiger partial charge in [0.2, 0.25) is 0 Å². The van der Waals surface area contributed by atoms with Crippen LogP contribution in [-0.2, 0) is 4.74 Å². The van der Waals surface area contributed by atoms with Crippen LogP contribution in [0.25, 0.3) is 0 Å². The van der Waals surface area contributed by atoms with E-state index in [0.29, 0.717) is 13.2 Å². The van der Waals surface area contributed by atoms with Crippen molar-refractivity contribution in [2.75, 3.05) is 33.4 Å². The maximum Gasteiger partial charge on any atom is 0.125 e. The van der Waals surface area contributed by atoms with Gasteiger partial charge in [-0.1, -0.05) is 18.2 Å². The van der Waals surface area contributed by atoms with Crippen LogP contribution in [0.5, 0.6) is 5.75 Å². The molecule has 118 valence electrons. The molecule has 4 nitrogen and oxygen atoms in total. The summed E-state index contributed by atoms with van der Waals surface area (Å²) < 4.78 is 10.8. The normalized spacial score (nSPS) is 17.9. The number of hydrogen-bond donors (Lipinski definition) is 1. The maximum absolute atomic E-state index is 10.9. The Morgan fingerprint density at radius 1 is 1.19 bits per heavy atom. The number of hydrogen-bond acceptors (Lipinski definition) is 4. The number of para-hydroxylation sites is 1. The summed E-state index contributed by atoms with van der Waals surface area (Å²) in [4.78, 5) is 2.36. The second-order valence-corrected chi connectivity index (χ2v) is 6.13. The predicted octanol–water partition coefficient (Wildman–Crippen LogP) is 2.62. The van der Waals surface area contributed by atoms with E-state index in [-0.39, 0.29) is 5.54 Å². The van der Waals surface area contributed by atoms with E-state index >= 15 is 0 Å². The first-order chi connectivity index (χ1) is 10.1. The summed E-state index contributed by atoms with van der Waals surface area (Å²) in [5.74, 6) is 0.745. The molecular formula is C17H27NO3. The number of rotatable bonds is 7. The summed E-state index contributed by atoms with van der Waals surface area (Å²) in [6.07, 6.45) is 1.85. The zero-order valence-electron chi connectivity index (χ0n) is 13.3. The smallest absolute Gasteiger partial charge is 0.125 e. The van der Waals surface area contributed by atoms with E-state index in [1.807, 2.05) is 24.3 Å². The lowest BCUT2D eigenvalue weighted by molar-refractivity contribution is -0.000518. The van der Waals surface area contributed by atoms with Crippen molar-refractivity contribution in [1.82, 2.24) is 4.90 Å². The zero-order chi connectivity index (χ0) is 15.3. The topological polar surface area (TPSA) is 41.9 Å². The number of methoxy groups -OCH3 is 1. The monoisotopic (exact) mass is 293 g/mol. The van der Waals surface area contributed by atoms with Gasteiger partial charge in [-0.15, -0.1) is 0 Å². The van der Waals surface area contributed by atoms with Crippen molar-refractivity contribution in [2.24, 2.45) is 0 Å². The molecule has 1 unspecified atom stereocenters. The van der Waals surface area contributed by atoms with Crippen LogP contribution in [0.1, 0.15) is 38.4 Å². The number of aliphatic hydroxyl groups is 1. The molecule has 1 aliphatic heterocycles. The van der Waals surface area contributed by atoms with Crippen molar-refractivity contribution >= 4 is 0 Å². The third kappa shape index (κ3) is 3.76. The highest BCUT2D eigenvalue weighted by molar-refractivity contribution is 5.36. The Kier molecular flexibility index (Phi) is 5.62. The van der Waals surface area contributed by atoms with Crippen LogP contribution in [0.3, 0.4) is 0 Å². The Bertz CT molecular complexity index is 441. The van der Waals surface area contributed by atoms with E-state index in [2.05, 4.69) is 18.7 Å². The Labute approximate surface area is 127 Å². The van der Waals surface area contributed by atoms with Gasteiger partial charge in [0.05, 0.1) is 6.61 Å². The SMILES string of the molecule is COCCOc1ccccc1C(O)C(C)(C)N1CCCC1. The van der Waals surface area contributed by atoms with Gasteiger partial charge < -0.3 is 14.6 Å². The summed E-state index contributed by atoms with van der Waals surface area (Å²) in [5.41, 5.74) is 0.558. The van der Waals surface area contributed by atoms with Crippen molar-refractivity contribution in [2.45, 2.75) is 38.3 Å². The van der Waals surface area contributed by atoms with Crippen LogP contribution in [0.15, 0.2) is 24.3 Å². The number of likely N-dealkylation sites (tertiary alicyclic amines) is 1. The molecular weight excluding hydrogens is 266 g/mol. The lowest BCUT2D eigenvalue weighted by Crippen LogP contribution is -2.46. The Hall–Kier alpha value is -1.10. The molecule has 0 amide bonds. The highest BCUT2D eigenvalue weighted by atomic mass is 16.5. The van der Waals surface area contributed by atoms with Crippen LogP contribution >= 0.6 is 0 Å². The van der Waals surface area contributed by atoms with Gasteiger partial charge in [-0.25, -0.2) is 0 Å². The van der Waals surface area contributed by atoms with Crippen LogP contribution in [0, 0.1) is 0 Å². The molecule has 0 aromatic heterocycles. The molecule has 0 radical (unpaired) electrons. The van der Waals surface area contributed by atoms with Crippen LogP contribution in [-0.4, -0.2) is 49.0 Å². The van der Waals surface area contributed by atoms with E-state index in [0.717, 1.165) is 24.4 Å². The highest BCUT2D eigenvalue weighted by Crippen LogP contribution is 2.37. The first-order valence-electron chi connectivity index (χ1n) is 7.71. The minimum absolute atomic E-state index is 0.294. The van der Waals surface area contributed by atoms with E-state index < -0.39 is 6.10 Å². The van der Waals surface area contributed by atoms with Crippen LogP contribution < -0.4 is 4.74 Å². The van der Waals surface area contributed by atoms with Gasteiger partial charge in [0.25, 0.3) is 0 Å². The molecule has 2 rings (SSSR count). The van der Waals surface area contributed by atoms with Gasteiger partial charge in [0.15, 0.2) is 0 Å². The van der Waals surface area contributed by atoms with E-state index in [1.54, 1.807) is 7.11 Å². The summed E-state index contributed by atoms with van der Waals surface area (Å²) in [6, 6.07) is 7.74. The number of nitrogens with zero attached hydrogens (tertiary/aromatic N) is 1. The Balaban J connectivity index is 2.15. The molecule has 0 spiro atoms. The van der Waals surface area contributed by atoms with Crippen LogP contribution in [0.2, 0.25) is 0 Å². The molecule has 1 aliphatic rings. The molecule has 1 heterocycles. The van der Waals surface area contributed by atoms with Gasteiger partial charge >= 0.3 is 0 Å². The van der Waals surface area contributed by atoms with E-state index in [1.165, 1.54) is 12.8 Å². The first kappa shape index (κ1) is 16.3. The van der Waals surface area contributed by atoms with Crippen LogP contribution in [0.4, 0.5) is 0 Å². The molecule has 4 heteroatoms. The zero-order valence-corrected chi connectivity index (χ0v) is 13.3. The minimum Gasteiger partial charge on any atom is -0.491 e. The average molecular weight is 293 g/mol. The fourth-order valence-corrected chi connectivity index (χ4v) is 2.92. The molecule has 21 heavy (non-hydrogen) atoms. The Morgan fingerprint density at radius 2 is 1.86 bits per heavy atom. The summed E-state index contributed by atoms with van der Waals surface area (Å²) in [6.45, 7) is 7.35. The minimum atomic E-state index is -0.575. The fourth-order valence-electron chi connectivity index (χ4n) is 2.92. The molecule has 1 aromatic carbocycles. The van der Waals surface area contributed by atoms with Gasteiger partial charge in [-0.05, 0) is 45.8 Å². The molecule has 0 saturated carbocycles. The molecule has 1 saturated heterocycles. The van der Waals surface area contributed by atoms with Gasteiger partial charge in [0, 0.05) is 18.2 Å². The average Bonchev–Trinajstić information content (AvgIpc) is 3.02. The second kappa shape index (κ2) is 7.25. The lowest BCUT2D eigenvalue weighted by atomic mass is 9.89. The molecule has 1 fully saturated rings. The van der Waals surface area contributed by atoms with E-state index in [4.69, 9.17) is 9.47 Å². The van der Waals surface area contributed by atoms with Gasteiger partial charge in [0.1, 0.15) is 18.5 Å². The fraction of sp³-hybridized carbons (Fsp3) is 0.647. The van der Waals surface area contributed by atoms with Gasteiger partial charge in [-0.3, -0.25) is 4.90 Å². The standard InChI is InChI=1S/C17H27NO3/c1-17(2,18-10-6-7-11-18)16(19)14-8-4-5-9-15(14)21-13-12-20-3/h4-5,8-9,16,19H,6-7,10-13H2,1-3H3. The largest absolute Gasteiger partial charge is 0.491 e. The third-order valence-corrected chi connectivity index (χ3v) is 4.35. The molecule has 1 atom stereocenters. The number of benzene rings is 1. The number of ether oxygens (including phenoxy) is 2. The first-order valence-corrected chi connectivity index (χ1v) is 7.71. The highest BCUT2D eigenvalue weighted by Gasteiger charge is 2.37. The molecule has 1 N–H and O–H groups in total. The summed E-state index contributed by atoms with van der Waals surface area (Å²) in [5, 5.41) is 10.9. The lowest BCUT2D eigenvalue weighted by Gasteiger charge is -2.40. The second-order valence-electron chi connectivity index (χ2n) is 6.13. The van der Waals surface area contributed by atoms with Crippen molar-refractivity contribution in [3.8, 4) is 5.75 Å². The van der Waals surface area contributed by atoms with E-state index in [9.17, 15) is 5.11 Å². The third-order valence-electron chi connectivity index (χ3n) is 4.35. The number of aliphatic hydroxyl groups excluding tert-OH is 1. The maximum atomic E-state index is 10.9. The van der Waals surface area contributed by atoms with Crippen molar-refractivity contribution in [3.63, 3.8) is 0 Å². The van der Waals surface area contributed by atoms with Crippen molar-refractivity contribution in [1.29, 1.82) is 0 Å². The van der Waals surface area contributed by atoms with Crippen molar-refractivity contribution < 1.29 is 14.6 Å². The molecule has 0 aliphatic carbocycles. The molecule has 1 aromatic rings. The predicted molar refractivity (Wildman–Crippen MR) is 83.7 cm³/mol. The van der Waals surface area contributed by atoms with Crippen molar-refractivity contribution in [3.05, 3.63) is 29.8 Å².